The van der Waals surface area contributed by atoms with Crippen LogP contribution in [0.2, 0.25) is 0 Å². The van der Waals surface area contributed by atoms with Crippen molar-refractivity contribution >= 4 is 11.9 Å². The normalized spacial score (nSPS) is 23.8. The van der Waals surface area contributed by atoms with Crippen molar-refractivity contribution in [3.8, 4) is 0 Å². The minimum Gasteiger partial charge on any atom is -0.464 e. The molecule has 0 aliphatic carbocycles. The zero-order chi connectivity index (χ0) is 9.84. The zero-order valence-corrected chi connectivity index (χ0v) is 7.45. The summed E-state index contributed by atoms with van der Waals surface area (Å²) in [6, 6.07) is -0.522. The van der Waals surface area contributed by atoms with Crippen molar-refractivity contribution < 1.29 is 19.4 Å². The maximum atomic E-state index is 11.1. The van der Waals surface area contributed by atoms with Gasteiger partial charge in [-0.3, -0.25) is 4.79 Å². The lowest BCUT2D eigenvalue weighted by atomic mass is 10.2. The highest BCUT2D eigenvalue weighted by Crippen LogP contribution is 2.05. The van der Waals surface area contributed by atoms with Crippen molar-refractivity contribution in [3.05, 3.63) is 0 Å². The van der Waals surface area contributed by atoms with E-state index in [1.807, 2.05) is 0 Å². The van der Waals surface area contributed by atoms with E-state index in [2.05, 4.69) is 10.1 Å². The van der Waals surface area contributed by atoms with Crippen molar-refractivity contribution in [2.24, 2.45) is 0 Å². The second-order valence-electron chi connectivity index (χ2n) is 3.13. The van der Waals surface area contributed by atoms with Crippen molar-refractivity contribution in [2.75, 3.05) is 6.61 Å². The van der Waals surface area contributed by atoms with Crippen LogP contribution in [0.5, 0.6) is 0 Å². The van der Waals surface area contributed by atoms with Crippen LogP contribution in [0.1, 0.15) is 19.8 Å². The fourth-order valence-corrected chi connectivity index (χ4v) is 1.15. The Morgan fingerprint density at radius 1 is 1.85 bits per heavy atom. The van der Waals surface area contributed by atoms with E-state index in [1.54, 1.807) is 0 Å². The lowest BCUT2D eigenvalue weighted by molar-refractivity contribution is -0.141. The van der Waals surface area contributed by atoms with Crippen LogP contribution in [-0.2, 0) is 14.3 Å². The molecule has 0 bridgehead atoms. The van der Waals surface area contributed by atoms with Gasteiger partial charge in [-0.1, -0.05) is 0 Å². The van der Waals surface area contributed by atoms with Crippen LogP contribution in [0.4, 0.5) is 0 Å². The second-order valence-corrected chi connectivity index (χ2v) is 3.13. The summed E-state index contributed by atoms with van der Waals surface area (Å²) in [4.78, 5) is 22.0. The number of cyclic esters (lactones) is 1. The first-order chi connectivity index (χ1) is 6.09. The van der Waals surface area contributed by atoms with E-state index in [-0.39, 0.29) is 18.3 Å². The van der Waals surface area contributed by atoms with E-state index in [0.29, 0.717) is 13.0 Å². The van der Waals surface area contributed by atoms with Gasteiger partial charge in [-0.25, -0.2) is 4.79 Å². The topological polar surface area (TPSA) is 75.6 Å². The van der Waals surface area contributed by atoms with E-state index in [9.17, 15) is 9.59 Å². The number of aliphatic hydroxyl groups excluding tert-OH is 1. The molecule has 1 heterocycles. The molecular formula is C8H13NO4. The quantitative estimate of drug-likeness (QED) is 0.566. The molecule has 5 heteroatoms. The lowest BCUT2D eigenvalue weighted by Crippen LogP contribution is -2.39. The number of ether oxygens (including phenoxy) is 1. The van der Waals surface area contributed by atoms with Gasteiger partial charge in [0.1, 0.15) is 6.04 Å². The number of rotatable bonds is 3. The third-order valence-corrected chi connectivity index (χ3v) is 1.75. The molecule has 1 saturated heterocycles. The van der Waals surface area contributed by atoms with Crippen LogP contribution >= 0.6 is 0 Å². The Bertz CT molecular complexity index is 214. The van der Waals surface area contributed by atoms with Gasteiger partial charge in [0.15, 0.2) is 0 Å². The van der Waals surface area contributed by atoms with Crippen LogP contribution in [0, 0.1) is 0 Å². The van der Waals surface area contributed by atoms with E-state index in [4.69, 9.17) is 5.11 Å². The van der Waals surface area contributed by atoms with E-state index >= 15 is 0 Å². The third-order valence-electron chi connectivity index (χ3n) is 1.75. The zero-order valence-electron chi connectivity index (χ0n) is 7.45. The Morgan fingerprint density at radius 2 is 2.54 bits per heavy atom. The van der Waals surface area contributed by atoms with Gasteiger partial charge in [0, 0.05) is 6.42 Å². The molecule has 0 saturated carbocycles. The maximum Gasteiger partial charge on any atom is 0.328 e. The summed E-state index contributed by atoms with van der Waals surface area (Å²) >= 11 is 0. The molecular weight excluding hydrogens is 174 g/mol. The predicted molar refractivity (Wildman–Crippen MR) is 43.8 cm³/mol. The monoisotopic (exact) mass is 187 g/mol. The first kappa shape index (κ1) is 9.98. The summed E-state index contributed by atoms with van der Waals surface area (Å²) in [7, 11) is 0. The summed E-state index contributed by atoms with van der Waals surface area (Å²) in [5.74, 6) is -0.710. The molecule has 1 aliphatic heterocycles. The van der Waals surface area contributed by atoms with Gasteiger partial charge < -0.3 is 15.2 Å². The Kier molecular flexibility index (Phi) is 3.25. The van der Waals surface area contributed by atoms with Gasteiger partial charge in [0.2, 0.25) is 5.91 Å². The summed E-state index contributed by atoms with van der Waals surface area (Å²) in [6.45, 7) is 1.88. The predicted octanol–water partition coefficient (Wildman–Crippen LogP) is -0.811. The fraction of sp³-hybridized carbons (Fsp3) is 0.750. The van der Waals surface area contributed by atoms with Crippen LogP contribution in [0.15, 0.2) is 0 Å². The van der Waals surface area contributed by atoms with Crippen LogP contribution < -0.4 is 5.32 Å². The average molecular weight is 187 g/mol. The molecule has 13 heavy (non-hydrogen) atoms. The largest absolute Gasteiger partial charge is 0.464 e. The molecule has 2 N–H and O–H groups in total. The lowest BCUT2D eigenvalue weighted by Gasteiger charge is -2.09. The van der Waals surface area contributed by atoms with Gasteiger partial charge in [-0.2, -0.15) is 0 Å². The number of nitrogens with one attached hydrogen (secondary N) is 1. The molecule has 0 radical (unpaired) electrons. The van der Waals surface area contributed by atoms with Crippen molar-refractivity contribution in [3.63, 3.8) is 0 Å². The number of carbonyl (C=O) groups is 2. The number of carbonyl (C=O) groups excluding carboxylic acids is 2. The smallest absolute Gasteiger partial charge is 0.328 e. The van der Waals surface area contributed by atoms with Gasteiger partial charge >= 0.3 is 5.97 Å². The Labute approximate surface area is 76.1 Å². The summed E-state index contributed by atoms with van der Waals surface area (Å²) < 4.78 is 4.66. The summed E-state index contributed by atoms with van der Waals surface area (Å²) in [6.07, 6.45) is -0.147. The second kappa shape index (κ2) is 4.23. The first-order valence-corrected chi connectivity index (χ1v) is 4.23. The van der Waals surface area contributed by atoms with Gasteiger partial charge in [-0.15, -0.1) is 0 Å². The van der Waals surface area contributed by atoms with Gasteiger partial charge in [-0.05, 0) is 6.92 Å². The van der Waals surface area contributed by atoms with Crippen LogP contribution in [0.3, 0.4) is 0 Å². The highest BCUT2D eigenvalue weighted by atomic mass is 16.5. The molecule has 1 fully saturated rings. The van der Waals surface area contributed by atoms with Crippen molar-refractivity contribution in [1.29, 1.82) is 0 Å². The molecule has 0 unspecified atom stereocenters. The molecule has 74 valence electrons. The van der Waals surface area contributed by atoms with Gasteiger partial charge in [0.25, 0.3) is 0 Å². The first-order valence-electron chi connectivity index (χ1n) is 4.23. The van der Waals surface area contributed by atoms with E-state index < -0.39 is 12.1 Å². The number of amides is 1. The molecule has 1 amide bonds. The number of hydrogen-bond acceptors (Lipinski definition) is 4. The van der Waals surface area contributed by atoms with E-state index in [0.717, 1.165) is 0 Å². The Hall–Kier alpha value is -1.10. The van der Waals surface area contributed by atoms with Crippen LogP contribution in [-0.4, -0.2) is 35.7 Å². The Morgan fingerprint density at radius 3 is 3.00 bits per heavy atom. The average Bonchev–Trinajstić information content (AvgIpc) is 2.34. The molecule has 0 aromatic carbocycles. The van der Waals surface area contributed by atoms with Crippen LogP contribution in [0.25, 0.3) is 0 Å². The standard InChI is InChI=1S/C8H13NO4/c1-5(10)4-7(11)9-6-2-3-13-8(6)12/h5-6,10H,2-4H2,1H3,(H,9,11)/t5-,6+/m1/s1. The molecule has 0 aromatic heterocycles. The van der Waals surface area contributed by atoms with Crippen molar-refractivity contribution in [1.82, 2.24) is 5.32 Å². The Balaban J connectivity index is 2.31. The number of hydrogen-bond donors (Lipinski definition) is 2. The minimum absolute atomic E-state index is 0.0176. The maximum absolute atomic E-state index is 11.1. The number of aliphatic hydroxyl groups is 1. The molecule has 1 aliphatic rings. The highest BCUT2D eigenvalue weighted by Gasteiger charge is 2.27. The molecule has 5 nitrogen and oxygen atoms in total. The summed E-state index contributed by atoms with van der Waals surface area (Å²) in [5, 5.41) is 11.4. The molecule has 0 spiro atoms. The summed E-state index contributed by atoms with van der Waals surface area (Å²) in [5.41, 5.74) is 0. The minimum atomic E-state index is -0.683. The highest BCUT2D eigenvalue weighted by molar-refractivity contribution is 5.85. The SMILES string of the molecule is C[C@@H](O)CC(=O)N[C@H]1CCOC1=O. The molecule has 0 aromatic rings. The third kappa shape index (κ3) is 3.02. The van der Waals surface area contributed by atoms with E-state index in [1.165, 1.54) is 6.92 Å². The van der Waals surface area contributed by atoms with Crippen molar-refractivity contribution in [2.45, 2.75) is 31.9 Å². The molecule has 1 rings (SSSR count). The number of esters is 1. The van der Waals surface area contributed by atoms with Gasteiger partial charge in [0.05, 0.1) is 19.1 Å². The molecule has 2 atom stereocenters. The fourth-order valence-electron chi connectivity index (χ4n) is 1.15.